The zero-order valence-corrected chi connectivity index (χ0v) is 19.6. The number of aliphatic hydroxyl groups is 1. The number of nitrogens with zero attached hydrogens (tertiary/aromatic N) is 1. The van der Waals surface area contributed by atoms with E-state index in [2.05, 4.69) is 18.5 Å². The summed E-state index contributed by atoms with van der Waals surface area (Å²) in [4.78, 5) is 73.2. The van der Waals surface area contributed by atoms with Crippen LogP contribution in [0.25, 0.3) is 0 Å². The van der Waals surface area contributed by atoms with Gasteiger partial charge in [0.2, 0.25) is 5.91 Å². The highest BCUT2D eigenvalue weighted by molar-refractivity contribution is 7.66. The van der Waals surface area contributed by atoms with E-state index in [1.807, 2.05) is 4.98 Å². The lowest BCUT2D eigenvalue weighted by atomic mass is 10.1. The van der Waals surface area contributed by atoms with E-state index in [9.17, 15) is 38.1 Å². The summed E-state index contributed by atoms with van der Waals surface area (Å²) in [6.07, 6.45) is -3.84. The second kappa shape index (κ2) is 10.6. The Balaban J connectivity index is 2.22. The molecule has 1 aliphatic rings. The molecule has 19 nitrogen and oxygen atoms in total. The summed E-state index contributed by atoms with van der Waals surface area (Å²) in [5, 5.41) is 12.9. The minimum Gasteiger partial charge on any atom is -0.388 e. The quantitative estimate of drug-likeness (QED) is 0.133. The number of H-pyrrole nitrogens is 1. The van der Waals surface area contributed by atoms with E-state index in [1.54, 1.807) is 0 Å². The number of aromatic amines is 1. The van der Waals surface area contributed by atoms with Crippen molar-refractivity contribution in [2.45, 2.75) is 37.4 Å². The number of phosphoric acid groups is 3. The van der Waals surface area contributed by atoms with Gasteiger partial charge in [0.15, 0.2) is 6.23 Å². The van der Waals surface area contributed by atoms with Gasteiger partial charge in [-0.15, -0.1) is 0 Å². The molecule has 2 rings (SSSR count). The van der Waals surface area contributed by atoms with Crippen LogP contribution in [0.2, 0.25) is 0 Å². The Morgan fingerprint density at radius 2 is 1.85 bits per heavy atom. The average Bonchev–Trinajstić information content (AvgIpc) is 2.93. The summed E-state index contributed by atoms with van der Waals surface area (Å²) in [6.45, 7) is 0.246. The molecule has 1 amide bonds. The SMILES string of the molecule is CC(N)C(=O)N[C@@H]1[C@H](O)[C@@H](COP(=O)(O)OP(=O)(O)OP(=O)(O)O)O[C@H]1n1ccc(=O)[nH]c1=O. The Morgan fingerprint density at radius 1 is 1.24 bits per heavy atom. The van der Waals surface area contributed by atoms with Crippen LogP contribution in [0.4, 0.5) is 0 Å². The second-order valence-electron chi connectivity index (χ2n) is 6.78. The average molecular weight is 554 g/mol. The van der Waals surface area contributed by atoms with Crippen molar-refractivity contribution >= 4 is 29.4 Å². The Kier molecular flexibility index (Phi) is 8.93. The lowest BCUT2D eigenvalue weighted by molar-refractivity contribution is -0.124. The van der Waals surface area contributed by atoms with Crippen molar-refractivity contribution in [2.75, 3.05) is 6.61 Å². The van der Waals surface area contributed by atoms with Gasteiger partial charge in [0.25, 0.3) is 5.56 Å². The Hall–Kier alpha value is -1.56. The van der Waals surface area contributed by atoms with Crippen LogP contribution in [0.3, 0.4) is 0 Å². The lowest BCUT2D eigenvalue weighted by Crippen LogP contribution is -2.52. The van der Waals surface area contributed by atoms with Crippen molar-refractivity contribution in [2.24, 2.45) is 5.73 Å². The number of carbonyl (C=O) groups is 1. The first-order valence-corrected chi connectivity index (χ1v) is 13.4. The van der Waals surface area contributed by atoms with Gasteiger partial charge < -0.3 is 40.5 Å². The van der Waals surface area contributed by atoms with Gasteiger partial charge in [-0.3, -0.25) is 23.7 Å². The third kappa shape index (κ3) is 8.00. The van der Waals surface area contributed by atoms with Gasteiger partial charge >= 0.3 is 29.2 Å². The van der Waals surface area contributed by atoms with E-state index in [0.29, 0.717) is 0 Å². The number of rotatable bonds is 10. The number of aromatic nitrogens is 2. The number of aliphatic hydroxyl groups excluding tert-OH is 1. The van der Waals surface area contributed by atoms with E-state index < -0.39 is 77.8 Å². The maximum absolute atomic E-state index is 12.1. The van der Waals surface area contributed by atoms with Gasteiger partial charge in [-0.05, 0) is 6.92 Å². The number of phosphoric ester groups is 1. The van der Waals surface area contributed by atoms with Gasteiger partial charge in [-0.25, -0.2) is 18.5 Å². The van der Waals surface area contributed by atoms with Crippen molar-refractivity contribution < 1.29 is 61.1 Å². The minimum atomic E-state index is -5.78. The van der Waals surface area contributed by atoms with Gasteiger partial charge in [-0.1, -0.05) is 0 Å². The molecule has 2 heterocycles. The molecule has 3 unspecified atom stereocenters. The fraction of sp³-hybridized carbons (Fsp3) is 0.583. The topological polar surface area (TPSA) is 299 Å². The zero-order valence-electron chi connectivity index (χ0n) is 16.9. The molecule has 0 saturated carbocycles. The summed E-state index contributed by atoms with van der Waals surface area (Å²) in [5.41, 5.74) is 3.70. The Morgan fingerprint density at radius 3 is 2.38 bits per heavy atom. The molecule has 34 heavy (non-hydrogen) atoms. The van der Waals surface area contributed by atoms with Crippen molar-refractivity contribution in [1.29, 1.82) is 0 Å². The molecule has 0 bridgehead atoms. The molecular formula is C12H21N4O15P3. The van der Waals surface area contributed by atoms with Crippen molar-refractivity contribution in [3.63, 3.8) is 0 Å². The molecule has 1 aliphatic heterocycles. The van der Waals surface area contributed by atoms with Crippen LogP contribution in [0, 0.1) is 0 Å². The molecule has 1 aromatic heterocycles. The highest BCUT2D eigenvalue weighted by atomic mass is 31.3. The molecule has 0 radical (unpaired) electrons. The van der Waals surface area contributed by atoms with Crippen LogP contribution in [0.15, 0.2) is 21.9 Å². The number of carbonyl (C=O) groups excluding carboxylic acids is 1. The van der Waals surface area contributed by atoms with Crippen LogP contribution >= 0.6 is 23.5 Å². The fourth-order valence-electron chi connectivity index (χ4n) is 2.67. The molecular weight excluding hydrogens is 533 g/mol. The standard InChI is InChI=1S/C12H21N4O15P3/c1-5(13)10(19)15-8-9(18)6(29-11(8)16-3-2-7(17)14-12(16)20)4-28-33(24,25)31-34(26,27)30-32(21,22)23/h2-3,5-6,8-9,11,18H,4,13H2,1H3,(H,15,19)(H,24,25)(H,26,27)(H,14,17,20)(H2,21,22,23)/t5?,6-,8-,9-,11-/m1/s1. The highest BCUT2D eigenvalue weighted by Crippen LogP contribution is 2.66. The van der Waals surface area contributed by atoms with Crippen LogP contribution in [-0.2, 0) is 36.4 Å². The largest absolute Gasteiger partial charge is 0.490 e. The van der Waals surface area contributed by atoms with Crippen LogP contribution in [-0.4, -0.2) is 71.0 Å². The first kappa shape index (κ1) is 28.7. The molecule has 7 atom stereocenters. The second-order valence-corrected chi connectivity index (χ2v) is 11.2. The number of amides is 1. The van der Waals surface area contributed by atoms with Crippen LogP contribution in [0.1, 0.15) is 13.2 Å². The van der Waals surface area contributed by atoms with E-state index >= 15 is 0 Å². The Labute approximate surface area is 188 Å². The molecule has 0 aromatic carbocycles. The molecule has 1 fully saturated rings. The number of ether oxygens (including phenoxy) is 1. The first-order valence-electron chi connectivity index (χ1n) is 8.90. The van der Waals surface area contributed by atoms with Crippen LogP contribution < -0.4 is 22.3 Å². The molecule has 1 saturated heterocycles. The smallest absolute Gasteiger partial charge is 0.388 e. The van der Waals surface area contributed by atoms with Crippen molar-refractivity contribution in [3.05, 3.63) is 33.1 Å². The molecule has 194 valence electrons. The highest BCUT2D eigenvalue weighted by Gasteiger charge is 2.48. The fourth-order valence-corrected chi connectivity index (χ4v) is 5.70. The third-order valence-corrected chi connectivity index (χ3v) is 7.84. The summed E-state index contributed by atoms with van der Waals surface area (Å²) in [7, 11) is -16.9. The van der Waals surface area contributed by atoms with E-state index in [-0.39, 0.29) is 0 Å². The Bertz CT molecular complexity index is 1160. The zero-order chi connectivity index (χ0) is 26.1. The number of nitrogens with one attached hydrogen (secondary N) is 2. The lowest BCUT2D eigenvalue weighted by Gasteiger charge is -2.23. The van der Waals surface area contributed by atoms with E-state index in [0.717, 1.165) is 16.8 Å². The maximum atomic E-state index is 12.1. The van der Waals surface area contributed by atoms with Gasteiger partial charge in [0, 0.05) is 12.3 Å². The van der Waals surface area contributed by atoms with Gasteiger partial charge in [-0.2, -0.15) is 8.62 Å². The number of hydrogen-bond acceptors (Lipinski definition) is 12. The predicted molar refractivity (Wildman–Crippen MR) is 107 cm³/mol. The maximum Gasteiger partial charge on any atom is 0.490 e. The summed E-state index contributed by atoms with van der Waals surface area (Å²) in [6, 6.07) is -1.54. The number of hydrogen-bond donors (Lipinski definition) is 8. The van der Waals surface area contributed by atoms with E-state index in [1.165, 1.54) is 6.92 Å². The molecule has 1 aromatic rings. The molecule has 0 aliphatic carbocycles. The predicted octanol–water partition coefficient (Wildman–Crippen LogP) is -3.03. The van der Waals surface area contributed by atoms with Gasteiger partial charge in [0.1, 0.15) is 18.2 Å². The van der Waals surface area contributed by atoms with Gasteiger partial charge in [0.05, 0.1) is 12.6 Å². The minimum absolute atomic E-state index is 0.764. The van der Waals surface area contributed by atoms with Crippen LogP contribution in [0.5, 0.6) is 0 Å². The first-order chi connectivity index (χ1) is 15.4. The molecule has 9 N–H and O–H groups in total. The summed E-state index contributed by atoms with van der Waals surface area (Å²) < 4.78 is 51.7. The van der Waals surface area contributed by atoms with Crippen molar-refractivity contribution in [3.8, 4) is 0 Å². The number of nitrogens with two attached hydrogens (primary N) is 1. The van der Waals surface area contributed by atoms with E-state index in [4.69, 9.17) is 25.2 Å². The van der Waals surface area contributed by atoms with Crippen molar-refractivity contribution in [1.82, 2.24) is 14.9 Å². The molecule has 22 heteroatoms. The molecule has 0 spiro atoms. The normalized spacial score (nSPS) is 27.5. The third-order valence-electron chi connectivity index (χ3n) is 4.04. The summed E-state index contributed by atoms with van der Waals surface area (Å²) in [5.74, 6) is -0.788. The summed E-state index contributed by atoms with van der Waals surface area (Å²) >= 11 is 0. The monoisotopic (exact) mass is 554 g/mol.